The Hall–Kier alpha value is -3.65. The smallest absolute Gasteiger partial charge is 0.410 e. The maximum Gasteiger partial charge on any atom is 0.410 e. The molecule has 2 aromatic carbocycles. The summed E-state index contributed by atoms with van der Waals surface area (Å²) in [5.41, 5.74) is -0.760. The van der Waals surface area contributed by atoms with Crippen molar-refractivity contribution < 1.29 is 41.1 Å². The summed E-state index contributed by atoms with van der Waals surface area (Å²) in [5, 5.41) is 5.48. The summed E-state index contributed by atoms with van der Waals surface area (Å²) in [5.74, 6) is -4.19. The minimum atomic E-state index is -4.25. The van der Waals surface area contributed by atoms with Crippen molar-refractivity contribution in [1.82, 2.24) is 15.1 Å². The molecule has 2 N–H and O–H groups in total. The first-order chi connectivity index (χ1) is 21.5. The zero-order valence-electron chi connectivity index (χ0n) is 25.8. The Labute approximate surface area is 269 Å². The Balaban J connectivity index is 1.39. The molecule has 252 valence electrons. The first kappa shape index (κ1) is 35.2. The van der Waals surface area contributed by atoms with Crippen molar-refractivity contribution in [3.05, 3.63) is 58.1 Å². The lowest BCUT2D eigenvalue weighted by Gasteiger charge is -2.37. The Kier molecular flexibility index (Phi) is 11.0. The molecule has 0 spiro atoms. The van der Waals surface area contributed by atoms with Crippen LogP contribution < -0.4 is 15.5 Å². The Morgan fingerprint density at radius 1 is 0.978 bits per heavy atom. The maximum absolute atomic E-state index is 15.1. The van der Waals surface area contributed by atoms with Gasteiger partial charge in [0.25, 0.3) is 5.91 Å². The number of likely N-dealkylation sites (tertiary alicyclic amines) is 1. The Morgan fingerprint density at radius 3 is 2.33 bits per heavy atom. The van der Waals surface area contributed by atoms with Crippen molar-refractivity contribution in [3.63, 3.8) is 0 Å². The second-order valence-electron chi connectivity index (χ2n) is 12.3. The van der Waals surface area contributed by atoms with E-state index in [0.717, 1.165) is 6.07 Å². The van der Waals surface area contributed by atoms with Gasteiger partial charge in [0.15, 0.2) is 11.6 Å². The molecule has 2 aromatic rings. The SMILES string of the molecule is CC(C)(C)OC(=O)N1CCC[C@H]1C(=O)NCc1ccc(C(=O)Nc2ccc(Cl)cc2N2CCN(CCC(F)(F)F)CC2)c(F)c1F. The molecule has 0 saturated carbocycles. The average molecular weight is 674 g/mol. The number of rotatable bonds is 8. The highest BCUT2D eigenvalue weighted by atomic mass is 35.5. The minimum absolute atomic E-state index is 0.119. The van der Waals surface area contributed by atoms with E-state index in [1.54, 1.807) is 31.7 Å². The van der Waals surface area contributed by atoms with Crippen LogP contribution in [0.25, 0.3) is 0 Å². The van der Waals surface area contributed by atoms with E-state index in [0.29, 0.717) is 56.3 Å². The molecule has 15 heteroatoms. The zero-order chi connectivity index (χ0) is 33.8. The summed E-state index contributed by atoms with van der Waals surface area (Å²) >= 11 is 6.18. The lowest BCUT2D eigenvalue weighted by Crippen LogP contribution is -2.47. The number of benzene rings is 2. The number of ether oxygens (including phenoxy) is 1. The van der Waals surface area contributed by atoms with Crippen molar-refractivity contribution >= 4 is 40.9 Å². The number of alkyl halides is 3. The van der Waals surface area contributed by atoms with Gasteiger partial charge in [0.1, 0.15) is 11.6 Å². The van der Waals surface area contributed by atoms with Crippen molar-refractivity contribution in [2.75, 3.05) is 49.5 Å². The summed E-state index contributed by atoms with van der Waals surface area (Å²) in [6.07, 6.45) is -4.82. The number of nitrogens with one attached hydrogen (secondary N) is 2. The minimum Gasteiger partial charge on any atom is -0.444 e. The van der Waals surface area contributed by atoms with Gasteiger partial charge in [-0.15, -0.1) is 0 Å². The largest absolute Gasteiger partial charge is 0.444 e. The molecule has 4 rings (SSSR count). The predicted octanol–water partition coefficient (Wildman–Crippen LogP) is 5.96. The summed E-state index contributed by atoms with van der Waals surface area (Å²) in [7, 11) is 0. The molecule has 2 aliphatic rings. The number of piperazine rings is 1. The van der Waals surface area contributed by atoms with Crippen molar-refractivity contribution in [3.8, 4) is 0 Å². The maximum atomic E-state index is 15.1. The average Bonchev–Trinajstić information content (AvgIpc) is 3.47. The van der Waals surface area contributed by atoms with E-state index < -0.39 is 59.3 Å². The number of carbonyl (C=O) groups excluding carboxylic acids is 3. The molecular weight excluding hydrogens is 637 g/mol. The van der Waals surface area contributed by atoms with E-state index in [9.17, 15) is 27.6 Å². The van der Waals surface area contributed by atoms with Crippen LogP contribution in [0.15, 0.2) is 30.3 Å². The summed E-state index contributed by atoms with van der Waals surface area (Å²) in [6.45, 7) is 6.39. The van der Waals surface area contributed by atoms with Crippen LogP contribution in [-0.4, -0.2) is 84.8 Å². The molecule has 0 unspecified atom stereocenters. The molecule has 0 aromatic heterocycles. The van der Waals surface area contributed by atoms with Gasteiger partial charge in [-0.05, 0) is 57.9 Å². The molecule has 2 aliphatic heterocycles. The molecule has 0 aliphatic carbocycles. The van der Waals surface area contributed by atoms with Crippen LogP contribution in [0.5, 0.6) is 0 Å². The third-order valence-corrected chi connectivity index (χ3v) is 7.91. The molecule has 2 heterocycles. The van der Waals surface area contributed by atoms with E-state index in [1.807, 2.05) is 4.90 Å². The molecule has 2 fully saturated rings. The van der Waals surface area contributed by atoms with Gasteiger partial charge in [0, 0.05) is 56.4 Å². The molecular formula is C31H37ClF5N5O4. The van der Waals surface area contributed by atoms with Crippen LogP contribution in [0.2, 0.25) is 5.02 Å². The van der Waals surface area contributed by atoms with Gasteiger partial charge in [-0.2, -0.15) is 13.2 Å². The number of carbonyl (C=O) groups is 3. The number of amides is 3. The molecule has 2 saturated heterocycles. The van der Waals surface area contributed by atoms with Gasteiger partial charge in [-0.25, -0.2) is 13.6 Å². The molecule has 0 radical (unpaired) electrons. The molecule has 1 atom stereocenters. The van der Waals surface area contributed by atoms with Crippen LogP contribution in [0.4, 0.5) is 38.1 Å². The summed E-state index contributed by atoms with van der Waals surface area (Å²) in [4.78, 5) is 43.3. The Morgan fingerprint density at radius 2 is 1.67 bits per heavy atom. The normalized spacial score (nSPS) is 17.6. The van der Waals surface area contributed by atoms with Crippen molar-refractivity contribution in [1.29, 1.82) is 0 Å². The zero-order valence-corrected chi connectivity index (χ0v) is 26.5. The van der Waals surface area contributed by atoms with Gasteiger partial charge in [0.2, 0.25) is 5.91 Å². The van der Waals surface area contributed by atoms with Crippen LogP contribution in [0.3, 0.4) is 0 Å². The fourth-order valence-electron chi connectivity index (χ4n) is 5.34. The van der Waals surface area contributed by atoms with E-state index >= 15 is 8.78 Å². The standard InChI is InChI=1S/C31H37ClF5N5O4/c1-30(2,3)46-29(45)42-11-4-5-23(42)28(44)38-18-19-6-8-21(26(34)25(19)33)27(43)39-22-9-7-20(32)17-24(22)41-15-13-40(14-16-41)12-10-31(35,36)37/h6-9,17,23H,4-5,10-16,18H2,1-3H3,(H,38,44)(H,39,43)/t23-/m0/s1. The number of hydrogen-bond donors (Lipinski definition) is 2. The second kappa shape index (κ2) is 14.4. The Bertz CT molecular complexity index is 1440. The monoisotopic (exact) mass is 673 g/mol. The van der Waals surface area contributed by atoms with E-state index in [-0.39, 0.29) is 24.3 Å². The highest BCUT2D eigenvalue weighted by molar-refractivity contribution is 6.31. The second-order valence-corrected chi connectivity index (χ2v) is 12.7. The highest BCUT2D eigenvalue weighted by Crippen LogP contribution is 2.32. The predicted molar refractivity (Wildman–Crippen MR) is 163 cm³/mol. The number of nitrogens with zero attached hydrogens (tertiary/aromatic N) is 3. The topological polar surface area (TPSA) is 94.2 Å². The molecule has 0 bridgehead atoms. The van der Waals surface area contributed by atoms with E-state index in [1.165, 1.54) is 23.1 Å². The van der Waals surface area contributed by atoms with Crippen LogP contribution >= 0.6 is 11.6 Å². The first-order valence-corrected chi connectivity index (χ1v) is 15.3. The summed E-state index contributed by atoms with van der Waals surface area (Å²) in [6, 6.07) is 6.08. The molecule has 9 nitrogen and oxygen atoms in total. The quantitative estimate of drug-likeness (QED) is 0.336. The third kappa shape index (κ3) is 9.21. The number of halogens is 6. The van der Waals surface area contributed by atoms with Crippen LogP contribution in [0.1, 0.15) is 56.0 Å². The van der Waals surface area contributed by atoms with Crippen molar-refractivity contribution in [2.45, 2.75) is 64.4 Å². The van der Waals surface area contributed by atoms with E-state index in [2.05, 4.69) is 10.6 Å². The number of hydrogen-bond acceptors (Lipinski definition) is 6. The van der Waals surface area contributed by atoms with Gasteiger partial charge < -0.3 is 20.3 Å². The summed E-state index contributed by atoms with van der Waals surface area (Å²) < 4.78 is 73.5. The van der Waals surface area contributed by atoms with Gasteiger partial charge in [-0.3, -0.25) is 19.4 Å². The first-order valence-electron chi connectivity index (χ1n) is 14.9. The fraction of sp³-hybridized carbons (Fsp3) is 0.516. The highest BCUT2D eigenvalue weighted by Gasteiger charge is 2.36. The fourth-order valence-corrected chi connectivity index (χ4v) is 5.51. The lowest BCUT2D eigenvalue weighted by atomic mass is 10.1. The van der Waals surface area contributed by atoms with Gasteiger partial charge >= 0.3 is 12.3 Å². The molecule has 3 amide bonds. The lowest BCUT2D eigenvalue weighted by molar-refractivity contribution is -0.138. The molecule has 46 heavy (non-hydrogen) atoms. The van der Waals surface area contributed by atoms with Crippen LogP contribution in [-0.2, 0) is 16.1 Å². The van der Waals surface area contributed by atoms with Gasteiger partial charge in [0.05, 0.1) is 23.4 Å². The van der Waals surface area contributed by atoms with Crippen molar-refractivity contribution in [2.24, 2.45) is 0 Å². The number of anilines is 2. The van der Waals surface area contributed by atoms with Gasteiger partial charge in [-0.1, -0.05) is 17.7 Å². The van der Waals surface area contributed by atoms with E-state index in [4.69, 9.17) is 16.3 Å². The van der Waals surface area contributed by atoms with Crippen LogP contribution in [0, 0.1) is 11.6 Å². The third-order valence-electron chi connectivity index (χ3n) is 7.68.